The Bertz CT molecular complexity index is 620. The molecule has 2 rings (SSSR count). The topological polar surface area (TPSA) is 40.6 Å². The van der Waals surface area contributed by atoms with Crippen LogP contribution in [0.15, 0.2) is 30.3 Å². The predicted molar refractivity (Wildman–Crippen MR) is 74.6 cm³/mol. The Kier molecular flexibility index (Phi) is 5.02. The summed E-state index contributed by atoms with van der Waals surface area (Å²) in [4.78, 5) is 25.1. The van der Waals surface area contributed by atoms with Crippen LogP contribution in [0.25, 0.3) is 6.08 Å². The number of alkyl halides is 3. The van der Waals surface area contributed by atoms with Gasteiger partial charge in [-0.05, 0) is 23.8 Å². The molecule has 0 saturated carbocycles. The summed E-state index contributed by atoms with van der Waals surface area (Å²) in [7, 11) is 0. The van der Waals surface area contributed by atoms with E-state index in [1.165, 1.54) is 35.3 Å². The minimum atomic E-state index is -4.90. The SMILES string of the molecule is O=C(/C=C/c1cccc(F)c1)N1CCN(C(=O)C(F)(F)F)CC1. The molecule has 1 aliphatic rings. The lowest BCUT2D eigenvalue weighted by atomic mass is 10.2. The van der Waals surface area contributed by atoms with E-state index in [4.69, 9.17) is 0 Å². The van der Waals surface area contributed by atoms with E-state index in [0.29, 0.717) is 10.5 Å². The van der Waals surface area contributed by atoms with Crippen LogP contribution >= 0.6 is 0 Å². The highest BCUT2D eigenvalue weighted by molar-refractivity contribution is 5.92. The third-order valence-corrected chi connectivity index (χ3v) is 3.39. The highest BCUT2D eigenvalue weighted by Gasteiger charge is 2.43. The second-order valence-electron chi connectivity index (χ2n) is 5.00. The van der Waals surface area contributed by atoms with E-state index in [0.717, 1.165) is 0 Å². The fourth-order valence-electron chi connectivity index (χ4n) is 2.19. The van der Waals surface area contributed by atoms with Crippen molar-refractivity contribution in [3.63, 3.8) is 0 Å². The molecule has 0 atom stereocenters. The Morgan fingerprint density at radius 1 is 1.04 bits per heavy atom. The first kappa shape index (κ1) is 17.0. The van der Waals surface area contributed by atoms with Gasteiger partial charge in [-0.3, -0.25) is 9.59 Å². The lowest BCUT2D eigenvalue weighted by molar-refractivity contribution is -0.187. The minimum absolute atomic E-state index is 0.0220. The number of amides is 2. The van der Waals surface area contributed by atoms with Gasteiger partial charge in [-0.1, -0.05) is 12.1 Å². The zero-order valence-corrected chi connectivity index (χ0v) is 12.0. The number of hydrogen-bond donors (Lipinski definition) is 0. The first-order valence-corrected chi connectivity index (χ1v) is 6.86. The number of benzene rings is 1. The summed E-state index contributed by atoms with van der Waals surface area (Å²) in [6.07, 6.45) is -2.24. The van der Waals surface area contributed by atoms with Crippen molar-refractivity contribution in [1.29, 1.82) is 0 Å². The third-order valence-electron chi connectivity index (χ3n) is 3.39. The van der Waals surface area contributed by atoms with E-state index in [9.17, 15) is 27.2 Å². The second kappa shape index (κ2) is 6.80. The quantitative estimate of drug-likeness (QED) is 0.615. The van der Waals surface area contributed by atoms with Gasteiger partial charge in [-0.2, -0.15) is 13.2 Å². The summed E-state index contributed by atoms with van der Waals surface area (Å²) in [6.45, 7) is -0.294. The monoisotopic (exact) mass is 330 g/mol. The molecule has 124 valence electrons. The van der Waals surface area contributed by atoms with Crippen LogP contribution in [0, 0.1) is 5.82 Å². The van der Waals surface area contributed by atoms with Gasteiger partial charge in [-0.15, -0.1) is 0 Å². The molecule has 1 aliphatic heterocycles. The van der Waals surface area contributed by atoms with Crippen molar-refractivity contribution in [3.8, 4) is 0 Å². The molecule has 1 fully saturated rings. The average molecular weight is 330 g/mol. The molecule has 0 unspecified atom stereocenters. The molecule has 2 amide bonds. The van der Waals surface area contributed by atoms with Crippen molar-refractivity contribution >= 4 is 17.9 Å². The Balaban J connectivity index is 1.90. The van der Waals surface area contributed by atoms with Crippen molar-refractivity contribution in [3.05, 3.63) is 41.7 Å². The van der Waals surface area contributed by atoms with Crippen LogP contribution in [0.1, 0.15) is 5.56 Å². The molecular weight excluding hydrogens is 316 g/mol. The van der Waals surface area contributed by atoms with E-state index in [1.54, 1.807) is 6.07 Å². The average Bonchev–Trinajstić information content (AvgIpc) is 2.51. The maximum Gasteiger partial charge on any atom is 0.471 e. The van der Waals surface area contributed by atoms with Gasteiger partial charge in [0.25, 0.3) is 0 Å². The number of carbonyl (C=O) groups excluding carboxylic acids is 2. The molecule has 1 aromatic carbocycles. The molecule has 0 radical (unpaired) electrons. The van der Waals surface area contributed by atoms with E-state index >= 15 is 0 Å². The Hall–Kier alpha value is -2.38. The summed E-state index contributed by atoms with van der Waals surface area (Å²) in [5, 5.41) is 0. The van der Waals surface area contributed by atoms with E-state index in [2.05, 4.69) is 0 Å². The zero-order valence-electron chi connectivity index (χ0n) is 12.0. The van der Waals surface area contributed by atoms with Crippen LogP contribution in [0.5, 0.6) is 0 Å². The van der Waals surface area contributed by atoms with Crippen molar-refractivity contribution in [2.24, 2.45) is 0 Å². The van der Waals surface area contributed by atoms with E-state index < -0.39 is 23.8 Å². The molecule has 0 spiro atoms. The van der Waals surface area contributed by atoms with Crippen LogP contribution in [0.4, 0.5) is 17.6 Å². The molecule has 1 heterocycles. The summed E-state index contributed by atoms with van der Waals surface area (Å²) >= 11 is 0. The number of nitrogens with zero attached hydrogens (tertiary/aromatic N) is 2. The van der Waals surface area contributed by atoms with Gasteiger partial charge in [0.1, 0.15) is 5.82 Å². The first-order valence-electron chi connectivity index (χ1n) is 6.86. The van der Waals surface area contributed by atoms with Gasteiger partial charge in [-0.25, -0.2) is 4.39 Å². The first-order chi connectivity index (χ1) is 10.8. The van der Waals surface area contributed by atoms with Crippen LogP contribution in [-0.2, 0) is 9.59 Å². The highest BCUT2D eigenvalue weighted by Crippen LogP contribution is 2.19. The molecule has 8 heteroatoms. The molecular formula is C15H14F4N2O2. The molecule has 4 nitrogen and oxygen atoms in total. The van der Waals surface area contributed by atoms with E-state index in [1.807, 2.05) is 0 Å². The lowest BCUT2D eigenvalue weighted by Crippen LogP contribution is -2.53. The van der Waals surface area contributed by atoms with Gasteiger partial charge < -0.3 is 9.80 Å². The summed E-state index contributed by atoms with van der Waals surface area (Å²) < 4.78 is 50.0. The zero-order chi connectivity index (χ0) is 17.0. The Morgan fingerprint density at radius 3 is 2.22 bits per heavy atom. The fraction of sp³-hybridized carbons (Fsp3) is 0.333. The van der Waals surface area contributed by atoms with Crippen molar-refractivity contribution < 1.29 is 27.2 Å². The summed E-state index contributed by atoms with van der Waals surface area (Å²) in [5.41, 5.74) is 0.504. The van der Waals surface area contributed by atoms with Crippen molar-refractivity contribution in [1.82, 2.24) is 9.80 Å². The van der Waals surface area contributed by atoms with Crippen LogP contribution < -0.4 is 0 Å². The van der Waals surface area contributed by atoms with Crippen molar-refractivity contribution in [2.45, 2.75) is 6.18 Å². The van der Waals surface area contributed by atoms with Crippen LogP contribution in [0.3, 0.4) is 0 Å². The molecule has 0 aromatic heterocycles. The molecule has 23 heavy (non-hydrogen) atoms. The minimum Gasteiger partial charge on any atom is -0.336 e. The predicted octanol–water partition coefficient (Wildman–Crippen LogP) is 2.07. The lowest BCUT2D eigenvalue weighted by Gasteiger charge is -2.34. The molecule has 1 aromatic rings. The maximum absolute atomic E-state index is 13.0. The fourth-order valence-corrected chi connectivity index (χ4v) is 2.19. The Morgan fingerprint density at radius 2 is 1.65 bits per heavy atom. The van der Waals surface area contributed by atoms with Gasteiger partial charge in [0.2, 0.25) is 5.91 Å². The van der Waals surface area contributed by atoms with Crippen LogP contribution in [0.2, 0.25) is 0 Å². The van der Waals surface area contributed by atoms with Crippen molar-refractivity contribution in [2.75, 3.05) is 26.2 Å². The van der Waals surface area contributed by atoms with Gasteiger partial charge in [0.15, 0.2) is 0 Å². The molecule has 0 aliphatic carbocycles. The number of carbonyl (C=O) groups is 2. The van der Waals surface area contributed by atoms with E-state index in [-0.39, 0.29) is 26.2 Å². The van der Waals surface area contributed by atoms with Crippen LogP contribution in [-0.4, -0.2) is 54.0 Å². The maximum atomic E-state index is 13.0. The standard InChI is InChI=1S/C15H14F4N2O2/c16-12-3-1-2-11(10-12)4-5-13(22)20-6-8-21(9-7-20)14(23)15(17,18)19/h1-5,10H,6-9H2/b5-4+. The number of hydrogen-bond acceptors (Lipinski definition) is 2. The number of halogens is 4. The van der Waals surface area contributed by atoms with Gasteiger partial charge >= 0.3 is 12.1 Å². The van der Waals surface area contributed by atoms with Gasteiger partial charge in [0, 0.05) is 32.3 Å². The normalized spacial score (nSPS) is 16.0. The third kappa shape index (κ3) is 4.54. The largest absolute Gasteiger partial charge is 0.471 e. The summed E-state index contributed by atoms with van der Waals surface area (Å²) in [6, 6.07) is 5.65. The number of piperazine rings is 1. The highest BCUT2D eigenvalue weighted by atomic mass is 19.4. The number of rotatable bonds is 2. The Labute approximate surface area is 130 Å². The molecule has 0 bridgehead atoms. The smallest absolute Gasteiger partial charge is 0.336 e. The molecule has 1 saturated heterocycles. The summed E-state index contributed by atoms with van der Waals surface area (Å²) in [5.74, 6) is -2.72. The second-order valence-corrected chi connectivity index (χ2v) is 5.00. The van der Waals surface area contributed by atoms with Gasteiger partial charge in [0.05, 0.1) is 0 Å². The molecule has 0 N–H and O–H groups in total.